The number of nitrogens with two attached hydrogens (primary N) is 1. The first-order valence-electron chi connectivity index (χ1n) is 8.09. The highest BCUT2D eigenvalue weighted by atomic mass is 16.2. The minimum absolute atomic E-state index is 0.0147. The van der Waals surface area contributed by atoms with E-state index in [0.717, 1.165) is 50.9 Å². The number of rotatable bonds is 3. The summed E-state index contributed by atoms with van der Waals surface area (Å²) in [5.41, 5.74) is 7.27. The second kappa shape index (κ2) is 6.48. The summed E-state index contributed by atoms with van der Waals surface area (Å²) in [7, 11) is 0. The van der Waals surface area contributed by atoms with E-state index in [1.54, 1.807) is 24.3 Å². The number of likely N-dealkylation sites (tertiary alicyclic amines) is 1. The van der Waals surface area contributed by atoms with Crippen molar-refractivity contribution in [3.63, 3.8) is 0 Å². The van der Waals surface area contributed by atoms with E-state index in [9.17, 15) is 9.59 Å². The first-order valence-corrected chi connectivity index (χ1v) is 8.09. The molecule has 1 aliphatic heterocycles. The number of benzene rings is 1. The second-order valence-corrected chi connectivity index (χ2v) is 6.34. The summed E-state index contributed by atoms with van der Waals surface area (Å²) < 4.78 is 0. The molecule has 22 heavy (non-hydrogen) atoms. The molecule has 2 fully saturated rings. The molecular formula is C17H23N3O2. The van der Waals surface area contributed by atoms with E-state index in [2.05, 4.69) is 5.32 Å². The Morgan fingerprint density at radius 1 is 1.09 bits per heavy atom. The molecule has 2 atom stereocenters. The Kier molecular flexibility index (Phi) is 4.43. The van der Waals surface area contributed by atoms with Gasteiger partial charge in [-0.2, -0.15) is 0 Å². The molecule has 0 bridgehead atoms. The summed E-state index contributed by atoms with van der Waals surface area (Å²) in [6, 6.07) is 7.33. The van der Waals surface area contributed by atoms with Crippen LogP contribution in [0.4, 0.5) is 5.69 Å². The van der Waals surface area contributed by atoms with E-state index in [1.165, 1.54) is 0 Å². The monoisotopic (exact) mass is 301 g/mol. The number of hydrogen-bond donors (Lipinski definition) is 2. The summed E-state index contributed by atoms with van der Waals surface area (Å²) in [5, 5.41) is 2.92. The first kappa shape index (κ1) is 15.0. The summed E-state index contributed by atoms with van der Waals surface area (Å²) in [6.45, 7) is 1.69. The largest absolute Gasteiger partial charge is 0.339 e. The predicted octanol–water partition coefficient (Wildman–Crippen LogP) is 1.99. The van der Waals surface area contributed by atoms with Crippen LogP contribution in [0.2, 0.25) is 0 Å². The maximum absolute atomic E-state index is 12.3. The SMILES string of the molecule is NC1CCC(C(=O)Nc2ccc(C(=O)N3CCCC3)cc2)C1. The fraction of sp³-hybridized carbons (Fsp3) is 0.529. The van der Waals surface area contributed by atoms with Crippen LogP contribution in [0.25, 0.3) is 0 Å². The number of amides is 2. The second-order valence-electron chi connectivity index (χ2n) is 6.34. The van der Waals surface area contributed by atoms with Crippen molar-refractivity contribution in [3.05, 3.63) is 29.8 Å². The van der Waals surface area contributed by atoms with Gasteiger partial charge in [-0.15, -0.1) is 0 Å². The van der Waals surface area contributed by atoms with Gasteiger partial charge < -0.3 is 16.0 Å². The van der Waals surface area contributed by atoms with Crippen molar-refractivity contribution < 1.29 is 9.59 Å². The molecule has 1 saturated carbocycles. The Labute approximate surface area is 130 Å². The molecule has 2 amide bonds. The summed E-state index contributed by atoms with van der Waals surface area (Å²) >= 11 is 0. The van der Waals surface area contributed by atoms with Crippen LogP contribution in [0.3, 0.4) is 0 Å². The van der Waals surface area contributed by atoms with Gasteiger partial charge in [0.15, 0.2) is 0 Å². The topological polar surface area (TPSA) is 75.4 Å². The van der Waals surface area contributed by atoms with Gasteiger partial charge in [0, 0.05) is 36.3 Å². The molecule has 0 spiro atoms. The fourth-order valence-corrected chi connectivity index (χ4v) is 3.30. The third kappa shape index (κ3) is 3.30. The molecule has 1 aromatic carbocycles. The zero-order valence-corrected chi connectivity index (χ0v) is 12.8. The minimum Gasteiger partial charge on any atom is -0.339 e. The molecule has 0 radical (unpaired) electrons. The van der Waals surface area contributed by atoms with E-state index >= 15 is 0 Å². The van der Waals surface area contributed by atoms with Gasteiger partial charge >= 0.3 is 0 Å². The molecule has 5 heteroatoms. The van der Waals surface area contributed by atoms with Crippen molar-refractivity contribution in [2.24, 2.45) is 11.7 Å². The number of carbonyl (C=O) groups excluding carboxylic acids is 2. The maximum Gasteiger partial charge on any atom is 0.253 e. The molecule has 1 aromatic rings. The summed E-state index contributed by atoms with van der Waals surface area (Å²) in [6.07, 6.45) is 4.71. The average Bonchev–Trinajstić information content (AvgIpc) is 3.18. The van der Waals surface area contributed by atoms with Crippen LogP contribution < -0.4 is 11.1 Å². The molecule has 2 aliphatic rings. The van der Waals surface area contributed by atoms with Crippen LogP contribution in [0.1, 0.15) is 42.5 Å². The van der Waals surface area contributed by atoms with Gasteiger partial charge in [0.1, 0.15) is 0 Å². The molecule has 0 aromatic heterocycles. The molecule has 3 rings (SSSR count). The van der Waals surface area contributed by atoms with Crippen molar-refractivity contribution in [3.8, 4) is 0 Å². The van der Waals surface area contributed by atoms with Crippen LogP contribution in [-0.2, 0) is 4.79 Å². The number of nitrogens with one attached hydrogen (secondary N) is 1. The van der Waals surface area contributed by atoms with Gasteiger partial charge in [-0.1, -0.05) is 0 Å². The highest BCUT2D eigenvalue weighted by molar-refractivity contribution is 5.96. The fourth-order valence-electron chi connectivity index (χ4n) is 3.30. The van der Waals surface area contributed by atoms with Crippen molar-refractivity contribution in [2.75, 3.05) is 18.4 Å². The quantitative estimate of drug-likeness (QED) is 0.896. The van der Waals surface area contributed by atoms with Gasteiger partial charge in [0.05, 0.1) is 0 Å². The molecule has 3 N–H and O–H groups in total. The van der Waals surface area contributed by atoms with E-state index in [0.29, 0.717) is 5.56 Å². The number of nitrogens with zero attached hydrogens (tertiary/aromatic N) is 1. The van der Waals surface area contributed by atoms with Crippen molar-refractivity contribution in [1.82, 2.24) is 4.90 Å². The van der Waals surface area contributed by atoms with Crippen LogP contribution in [-0.4, -0.2) is 35.8 Å². The third-order valence-corrected chi connectivity index (χ3v) is 4.64. The maximum atomic E-state index is 12.3. The molecule has 5 nitrogen and oxygen atoms in total. The lowest BCUT2D eigenvalue weighted by molar-refractivity contribution is -0.119. The summed E-state index contributed by atoms with van der Waals surface area (Å²) in [4.78, 5) is 26.3. The van der Waals surface area contributed by atoms with Crippen LogP contribution >= 0.6 is 0 Å². The van der Waals surface area contributed by atoms with E-state index in [1.807, 2.05) is 4.90 Å². The van der Waals surface area contributed by atoms with Crippen LogP contribution in [0.5, 0.6) is 0 Å². The molecular weight excluding hydrogens is 278 g/mol. The highest BCUT2D eigenvalue weighted by Gasteiger charge is 2.27. The molecule has 1 heterocycles. The average molecular weight is 301 g/mol. The number of carbonyl (C=O) groups is 2. The lowest BCUT2D eigenvalue weighted by Gasteiger charge is -2.15. The molecule has 1 aliphatic carbocycles. The smallest absolute Gasteiger partial charge is 0.253 e. The highest BCUT2D eigenvalue weighted by Crippen LogP contribution is 2.25. The summed E-state index contributed by atoms with van der Waals surface area (Å²) in [5.74, 6) is 0.129. The Morgan fingerprint density at radius 3 is 2.36 bits per heavy atom. The zero-order valence-electron chi connectivity index (χ0n) is 12.8. The van der Waals surface area contributed by atoms with Crippen molar-refractivity contribution in [2.45, 2.75) is 38.1 Å². The van der Waals surface area contributed by atoms with E-state index < -0.39 is 0 Å². The normalized spacial score (nSPS) is 24.5. The Morgan fingerprint density at radius 2 is 1.77 bits per heavy atom. The molecule has 118 valence electrons. The number of hydrogen-bond acceptors (Lipinski definition) is 3. The minimum atomic E-state index is 0.0147. The Bertz CT molecular complexity index is 550. The van der Waals surface area contributed by atoms with Crippen molar-refractivity contribution in [1.29, 1.82) is 0 Å². The van der Waals surface area contributed by atoms with E-state index in [4.69, 9.17) is 5.73 Å². The standard InChI is InChI=1S/C17H23N3O2/c18-14-6-3-13(11-14)16(21)19-15-7-4-12(5-8-15)17(22)20-9-1-2-10-20/h4-5,7-8,13-14H,1-3,6,9-11,18H2,(H,19,21). The molecule has 2 unspecified atom stereocenters. The third-order valence-electron chi connectivity index (χ3n) is 4.64. The van der Waals surface area contributed by atoms with Gasteiger partial charge in [-0.3, -0.25) is 9.59 Å². The number of anilines is 1. The lowest BCUT2D eigenvalue weighted by atomic mass is 10.1. The Balaban J connectivity index is 1.59. The zero-order chi connectivity index (χ0) is 15.5. The van der Waals surface area contributed by atoms with E-state index in [-0.39, 0.29) is 23.8 Å². The van der Waals surface area contributed by atoms with Gasteiger partial charge in [-0.05, 0) is 56.4 Å². The first-order chi connectivity index (χ1) is 10.6. The predicted molar refractivity (Wildman–Crippen MR) is 85.5 cm³/mol. The van der Waals surface area contributed by atoms with Gasteiger partial charge in [0.2, 0.25) is 5.91 Å². The Hall–Kier alpha value is -1.88. The van der Waals surface area contributed by atoms with Gasteiger partial charge in [-0.25, -0.2) is 0 Å². The lowest BCUT2D eigenvalue weighted by Crippen LogP contribution is -2.27. The van der Waals surface area contributed by atoms with Crippen LogP contribution in [0, 0.1) is 5.92 Å². The van der Waals surface area contributed by atoms with Crippen molar-refractivity contribution >= 4 is 17.5 Å². The molecule has 1 saturated heterocycles. The van der Waals surface area contributed by atoms with Gasteiger partial charge in [0.25, 0.3) is 5.91 Å². The van der Waals surface area contributed by atoms with Crippen LogP contribution in [0.15, 0.2) is 24.3 Å².